The van der Waals surface area contributed by atoms with Gasteiger partial charge in [0.15, 0.2) is 0 Å². The van der Waals surface area contributed by atoms with Gasteiger partial charge in [0.05, 0.1) is 11.8 Å². The number of benzene rings is 2. The third-order valence-electron chi connectivity index (χ3n) is 4.72. The van der Waals surface area contributed by atoms with Crippen LogP contribution in [0.25, 0.3) is 0 Å². The molecule has 0 amide bonds. The molecule has 0 heterocycles. The van der Waals surface area contributed by atoms with Crippen molar-refractivity contribution in [1.29, 1.82) is 0 Å². The van der Waals surface area contributed by atoms with E-state index in [-0.39, 0.29) is 12.8 Å². The molecule has 0 fully saturated rings. The van der Waals surface area contributed by atoms with Crippen LogP contribution in [-0.4, -0.2) is 22.2 Å². The van der Waals surface area contributed by atoms with E-state index in [4.69, 9.17) is 0 Å². The maximum Gasteiger partial charge on any atom is 0.307 e. The Morgan fingerprint density at radius 3 is 1.69 bits per heavy atom. The number of unbranched alkanes of at least 4 members (excludes halogenated alkanes) is 1. The molecule has 2 aromatic carbocycles. The number of aryl methyl sites for hydroxylation is 1. The van der Waals surface area contributed by atoms with Crippen molar-refractivity contribution in [3.05, 3.63) is 71.3 Å². The first-order chi connectivity index (χ1) is 12.5. The molecule has 0 aliphatic heterocycles. The lowest BCUT2D eigenvalue weighted by Gasteiger charge is -2.21. The molecule has 2 atom stereocenters. The van der Waals surface area contributed by atoms with E-state index < -0.39 is 23.8 Å². The number of carbonyl (C=O) groups is 2. The van der Waals surface area contributed by atoms with Crippen molar-refractivity contribution < 1.29 is 19.8 Å². The number of rotatable bonds is 10. The van der Waals surface area contributed by atoms with Crippen molar-refractivity contribution in [2.45, 2.75) is 39.0 Å². The largest absolute Gasteiger partial charge is 0.481 e. The summed E-state index contributed by atoms with van der Waals surface area (Å²) in [5.41, 5.74) is 2.92. The van der Waals surface area contributed by atoms with Crippen LogP contribution in [0.5, 0.6) is 0 Å². The monoisotopic (exact) mass is 354 g/mol. The molecule has 0 aromatic heterocycles. The number of hydrogen-bond donors (Lipinski definition) is 2. The predicted molar refractivity (Wildman–Crippen MR) is 101 cm³/mol. The summed E-state index contributed by atoms with van der Waals surface area (Å²) in [6.07, 6.45) is 3.68. The molecule has 26 heavy (non-hydrogen) atoms. The second-order valence-electron chi connectivity index (χ2n) is 6.70. The summed E-state index contributed by atoms with van der Waals surface area (Å²) in [7, 11) is 0. The topological polar surface area (TPSA) is 74.6 Å². The molecule has 138 valence electrons. The highest BCUT2D eigenvalue weighted by atomic mass is 16.4. The Balaban J connectivity index is 2.14. The van der Waals surface area contributed by atoms with Crippen LogP contribution in [0.15, 0.2) is 54.6 Å². The van der Waals surface area contributed by atoms with E-state index in [0.717, 1.165) is 30.4 Å². The molecule has 0 spiro atoms. The van der Waals surface area contributed by atoms with Gasteiger partial charge in [-0.25, -0.2) is 0 Å². The summed E-state index contributed by atoms with van der Waals surface area (Å²) in [6.45, 7) is 2.14. The van der Waals surface area contributed by atoms with Crippen LogP contribution in [0, 0.1) is 11.8 Å². The first kappa shape index (κ1) is 19.7. The Morgan fingerprint density at radius 1 is 0.769 bits per heavy atom. The standard InChI is InChI=1S/C22H26O4/c1-2-3-7-16-10-12-18(13-11-16)15-20(22(25)26)19(21(23)24)14-17-8-5-4-6-9-17/h4-6,8-13,19-20H,2-3,7,14-15H2,1H3,(H,23,24)(H,25,26)/t19-,20-/m0/s1. The summed E-state index contributed by atoms with van der Waals surface area (Å²) in [4.78, 5) is 23.5. The van der Waals surface area contributed by atoms with E-state index in [1.54, 1.807) is 0 Å². The van der Waals surface area contributed by atoms with Crippen LogP contribution in [0.4, 0.5) is 0 Å². The van der Waals surface area contributed by atoms with Gasteiger partial charge in [0.1, 0.15) is 0 Å². The van der Waals surface area contributed by atoms with Gasteiger partial charge in [-0.3, -0.25) is 9.59 Å². The van der Waals surface area contributed by atoms with Gasteiger partial charge in [-0.05, 0) is 42.4 Å². The maximum atomic E-state index is 11.8. The Labute approximate surface area is 154 Å². The van der Waals surface area contributed by atoms with Crippen LogP contribution in [0.2, 0.25) is 0 Å². The fourth-order valence-corrected chi connectivity index (χ4v) is 3.15. The van der Waals surface area contributed by atoms with Crippen molar-refractivity contribution in [3.8, 4) is 0 Å². The van der Waals surface area contributed by atoms with Gasteiger partial charge in [0, 0.05) is 0 Å². The lowest BCUT2D eigenvalue weighted by molar-refractivity contribution is -0.153. The van der Waals surface area contributed by atoms with Gasteiger partial charge in [-0.15, -0.1) is 0 Å². The maximum absolute atomic E-state index is 11.8. The van der Waals surface area contributed by atoms with E-state index in [0.29, 0.717) is 0 Å². The summed E-state index contributed by atoms with van der Waals surface area (Å²) in [5.74, 6) is -4.06. The number of aliphatic carboxylic acids is 2. The van der Waals surface area contributed by atoms with Gasteiger partial charge >= 0.3 is 11.9 Å². The fraction of sp³-hybridized carbons (Fsp3) is 0.364. The Hall–Kier alpha value is -2.62. The Morgan fingerprint density at radius 2 is 1.23 bits per heavy atom. The molecule has 0 aliphatic carbocycles. The number of carboxylic acid groups (broad SMARTS) is 2. The van der Waals surface area contributed by atoms with Crippen LogP contribution < -0.4 is 0 Å². The Bertz CT molecular complexity index is 707. The molecule has 2 N–H and O–H groups in total. The normalized spacial score (nSPS) is 13.1. The van der Waals surface area contributed by atoms with Gasteiger partial charge in [0.25, 0.3) is 0 Å². The summed E-state index contributed by atoms with van der Waals surface area (Å²) in [6, 6.07) is 17.0. The zero-order chi connectivity index (χ0) is 18.9. The first-order valence-electron chi connectivity index (χ1n) is 9.08. The van der Waals surface area contributed by atoms with Gasteiger partial charge in [-0.2, -0.15) is 0 Å². The average Bonchev–Trinajstić information content (AvgIpc) is 2.64. The summed E-state index contributed by atoms with van der Waals surface area (Å²) >= 11 is 0. The molecule has 0 aliphatic rings. The van der Waals surface area contributed by atoms with Crippen LogP contribution in [0.1, 0.15) is 36.5 Å². The van der Waals surface area contributed by atoms with Gasteiger partial charge in [-0.1, -0.05) is 67.9 Å². The summed E-state index contributed by atoms with van der Waals surface area (Å²) < 4.78 is 0. The highest BCUT2D eigenvalue weighted by molar-refractivity contribution is 5.80. The Kier molecular flexibility index (Phi) is 7.39. The third-order valence-corrected chi connectivity index (χ3v) is 4.72. The summed E-state index contributed by atoms with van der Waals surface area (Å²) in [5, 5.41) is 19.2. The second-order valence-corrected chi connectivity index (χ2v) is 6.70. The molecule has 0 unspecified atom stereocenters. The highest BCUT2D eigenvalue weighted by Crippen LogP contribution is 2.23. The third kappa shape index (κ3) is 5.73. The molecular weight excluding hydrogens is 328 g/mol. The molecule has 0 radical (unpaired) electrons. The lowest BCUT2D eigenvalue weighted by Crippen LogP contribution is -2.33. The van der Waals surface area contributed by atoms with Crippen molar-refractivity contribution in [1.82, 2.24) is 0 Å². The van der Waals surface area contributed by atoms with Crippen molar-refractivity contribution in [3.63, 3.8) is 0 Å². The van der Waals surface area contributed by atoms with Crippen LogP contribution >= 0.6 is 0 Å². The van der Waals surface area contributed by atoms with Crippen molar-refractivity contribution in [2.24, 2.45) is 11.8 Å². The molecule has 4 nitrogen and oxygen atoms in total. The van der Waals surface area contributed by atoms with E-state index >= 15 is 0 Å². The fourth-order valence-electron chi connectivity index (χ4n) is 3.15. The van der Waals surface area contributed by atoms with Gasteiger partial charge < -0.3 is 10.2 Å². The minimum absolute atomic E-state index is 0.210. The molecule has 2 rings (SSSR count). The van der Waals surface area contributed by atoms with Crippen LogP contribution in [0.3, 0.4) is 0 Å². The average molecular weight is 354 g/mol. The molecular formula is C22H26O4. The number of hydrogen-bond acceptors (Lipinski definition) is 2. The molecule has 0 bridgehead atoms. The zero-order valence-electron chi connectivity index (χ0n) is 15.1. The SMILES string of the molecule is CCCCc1ccc(C[C@H](C(=O)O)[C@H](Cc2ccccc2)C(=O)O)cc1. The van der Waals surface area contributed by atoms with Crippen LogP contribution in [-0.2, 0) is 28.9 Å². The zero-order valence-corrected chi connectivity index (χ0v) is 15.1. The van der Waals surface area contributed by atoms with Crippen molar-refractivity contribution in [2.75, 3.05) is 0 Å². The molecule has 4 heteroatoms. The minimum atomic E-state index is -1.07. The van der Waals surface area contributed by atoms with E-state index in [9.17, 15) is 19.8 Å². The first-order valence-corrected chi connectivity index (χ1v) is 9.08. The quantitative estimate of drug-likeness (QED) is 0.670. The molecule has 0 saturated carbocycles. The second kappa shape index (κ2) is 9.76. The minimum Gasteiger partial charge on any atom is -0.481 e. The molecule has 2 aromatic rings. The van der Waals surface area contributed by atoms with E-state index in [2.05, 4.69) is 6.92 Å². The van der Waals surface area contributed by atoms with Crippen molar-refractivity contribution >= 4 is 11.9 Å². The van der Waals surface area contributed by atoms with E-state index in [1.807, 2.05) is 54.6 Å². The predicted octanol–water partition coefficient (Wildman–Crippen LogP) is 4.22. The molecule has 0 saturated heterocycles. The number of carboxylic acids is 2. The lowest BCUT2D eigenvalue weighted by atomic mass is 9.82. The van der Waals surface area contributed by atoms with E-state index in [1.165, 1.54) is 5.56 Å². The highest BCUT2D eigenvalue weighted by Gasteiger charge is 2.33. The van der Waals surface area contributed by atoms with Gasteiger partial charge in [0.2, 0.25) is 0 Å². The smallest absolute Gasteiger partial charge is 0.307 e.